The first-order chi connectivity index (χ1) is 11.6. The Labute approximate surface area is 137 Å². The number of nitrogens with two attached hydrogens (primary N) is 1. The number of benzene rings is 3. The van der Waals surface area contributed by atoms with E-state index in [4.69, 9.17) is 5.73 Å². The number of fused-ring (bicyclic) bond motifs is 3. The third-order valence-corrected chi connectivity index (χ3v) is 3.99. The van der Waals surface area contributed by atoms with Gasteiger partial charge in [-0.05, 0) is 29.8 Å². The van der Waals surface area contributed by atoms with E-state index in [0.29, 0.717) is 5.69 Å². The average Bonchev–Trinajstić information content (AvgIpc) is 2.94. The molecule has 4 rings (SSSR count). The molecular formula is C19H13N3O2. The number of nitrogens with zero attached hydrogens (tertiary/aromatic N) is 2. The molecule has 0 fully saturated rings. The minimum absolute atomic E-state index is 0.0597. The van der Waals surface area contributed by atoms with Crippen molar-refractivity contribution in [1.29, 1.82) is 0 Å². The fourth-order valence-electron chi connectivity index (χ4n) is 2.95. The smallest absolute Gasteiger partial charge is 0.270 e. The predicted molar refractivity (Wildman–Crippen MR) is 93.4 cm³/mol. The van der Waals surface area contributed by atoms with E-state index in [1.165, 1.54) is 12.1 Å². The SMILES string of the molecule is Nc1cc2c(c(=Cc3cccc([N+](=O)[O-])c3)c1)=Nc1ccccc1-2. The maximum Gasteiger partial charge on any atom is 0.270 e. The van der Waals surface area contributed by atoms with Gasteiger partial charge >= 0.3 is 0 Å². The first-order valence-electron chi connectivity index (χ1n) is 7.46. The van der Waals surface area contributed by atoms with Crippen molar-refractivity contribution in [3.05, 3.63) is 86.9 Å². The highest BCUT2D eigenvalue weighted by atomic mass is 16.6. The third kappa shape index (κ3) is 2.32. The molecule has 3 aromatic rings. The zero-order chi connectivity index (χ0) is 16.7. The first-order valence-corrected chi connectivity index (χ1v) is 7.46. The van der Waals surface area contributed by atoms with E-state index in [-0.39, 0.29) is 5.69 Å². The maximum absolute atomic E-state index is 10.9. The van der Waals surface area contributed by atoms with Crippen LogP contribution in [0.5, 0.6) is 0 Å². The van der Waals surface area contributed by atoms with Crippen LogP contribution in [0.25, 0.3) is 17.2 Å². The van der Waals surface area contributed by atoms with Crippen LogP contribution in [0.4, 0.5) is 17.1 Å². The largest absolute Gasteiger partial charge is 0.399 e. The normalized spacial score (nSPS) is 12.4. The van der Waals surface area contributed by atoms with Crippen molar-refractivity contribution >= 4 is 23.1 Å². The number of rotatable bonds is 2. The molecule has 1 aliphatic heterocycles. The Balaban J connectivity index is 1.96. The molecule has 2 N–H and O–H groups in total. The van der Waals surface area contributed by atoms with Crippen molar-refractivity contribution < 1.29 is 4.92 Å². The lowest BCUT2D eigenvalue weighted by atomic mass is 10.0. The molecule has 0 radical (unpaired) electrons. The molecule has 24 heavy (non-hydrogen) atoms. The van der Waals surface area contributed by atoms with Gasteiger partial charge in [-0.1, -0.05) is 30.3 Å². The Morgan fingerprint density at radius 1 is 1.00 bits per heavy atom. The number of nitro benzene ring substituents is 1. The average molecular weight is 315 g/mol. The van der Waals surface area contributed by atoms with Gasteiger partial charge in [-0.2, -0.15) is 0 Å². The molecule has 0 spiro atoms. The zero-order valence-corrected chi connectivity index (χ0v) is 12.6. The first kappa shape index (κ1) is 14.1. The van der Waals surface area contributed by atoms with Crippen molar-refractivity contribution in [2.45, 2.75) is 0 Å². The van der Waals surface area contributed by atoms with Crippen molar-refractivity contribution in [2.75, 3.05) is 5.73 Å². The van der Waals surface area contributed by atoms with Crippen molar-refractivity contribution in [1.82, 2.24) is 0 Å². The summed E-state index contributed by atoms with van der Waals surface area (Å²) in [7, 11) is 0. The quantitative estimate of drug-likeness (QED) is 0.351. The van der Waals surface area contributed by atoms with Crippen LogP contribution in [-0.2, 0) is 0 Å². The summed E-state index contributed by atoms with van der Waals surface area (Å²) in [6.07, 6.45) is 1.87. The van der Waals surface area contributed by atoms with E-state index in [2.05, 4.69) is 4.99 Å². The highest BCUT2D eigenvalue weighted by Gasteiger charge is 2.14. The Morgan fingerprint density at radius 2 is 1.83 bits per heavy atom. The zero-order valence-electron chi connectivity index (χ0n) is 12.6. The Bertz CT molecular complexity index is 1100. The van der Waals surface area contributed by atoms with E-state index in [0.717, 1.165) is 33.0 Å². The van der Waals surface area contributed by atoms with Crippen molar-refractivity contribution in [3.63, 3.8) is 0 Å². The summed E-state index contributed by atoms with van der Waals surface area (Å²) in [4.78, 5) is 15.2. The van der Waals surface area contributed by atoms with Crippen molar-refractivity contribution in [2.24, 2.45) is 4.99 Å². The van der Waals surface area contributed by atoms with Crippen LogP contribution in [0.15, 0.2) is 65.7 Å². The van der Waals surface area contributed by atoms with Crippen LogP contribution >= 0.6 is 0 Å². The molecule has 0 atom stereocenters. The summed E-state index contributed by atoms with van der Waals surface area (Å²) in [5, 5.41) is 12.6. The van der Waals surface area contributed by atoms with Gasteiger partial charge in [-0.15, -0.1) is 0 Å². The second-order valence-electron chi connectivity index (χ2n) is 5.63. The van der Waals surface area contributed by atoms with Gasteiger partial charge in [0.05, 0.1) is 16.0 Å². The fourth-order valence-corrected chi connectivity index (χ4v) is 2.95. The second kappa shape index (κ2) is 5.31. The van der Waals surface area contributed by atoms with Gasteiger partial charge in [0.25, 0.3) is 5.69 Å². The Hall–Kier alpha value is -3.47. The monoisotopic (exact) mass is 315 g/mol. The molecule has 0 amide bonds. The summed E-state index contributed by atoms with van der Waals surface area (Å²) in [5.41, 5.74) is 10.4. The van der Waals surface area contributed by atoms with Gasteiger partial charge in [-0.3, -0.25) is 10.1 Å². The van der Waals surface area contributed by atoms with Crippen LogP contribution in [0.3, 0.4) is 0 Å². The summed E-state index contributed by atoms with van der Waals surface area (Å²) >= 11 is 0. The van der Waals surface area contributed by atoms with E-state index >= 15 is 0 Å². The second-order valence-corrected chi connectivity index (χ2v) is 5.63. The van der Waals surface area contributed by atoms with E-state index in [9.17, 15) is 10.1 Å². The minimum Gasteiger partial charge on any atom is -0.399 e. The highest BCUT2D eigenvalue weighted by Crippen LogP contribution is 2.31. The molecule has 1 heterocycles. The van der Waals surface area contributed by atoms with E-state index in [1.54, 1.807) is 6.07 Å². The lowest BCUT2D eigenvalue weighted by Gasteiger charge is -2.01. The topological polar surface area (TPSA) is 81.5 Å². The van der Waals surface area contributed by atoms with Gasteiger partial charge in [0.15, 0.2) is 0 Å². The summed E-state index contributed by atoms with van der Waals surface area (Å²) in [5.74, 6) is 0. The summed E-state index contributed by atoms with van der Waals surface area (Å²) < 4.78 is 0. The predicted octanol–water partition coefficient (Wildman–Crippen LogP) is 2.94. The number of hydrogen-bond donors (Lipinski definition) is 1. The molecule has 0 aliphatic carbocycles. The molecule has 0 saturated heterocycles. The molecule has 1 aliphatic rings. The van der Waals surface area contributed by atoms with Crippen LogP contribution in [0.1, 0.15) is 5.56 Å². The molecule has 0 saturated carbocycles. The van der Waals surface area contributed by atoms with Crippen LogP contribution < -0.4 is 16.3 Å². The van der Waals surface area contributed by atoms with Gasteiger partial charge in [0.2, 0.25) is 0 Å². The summed E-state index contributed by atoms with van der Waals surface area (Å²) in [6.45, 7) is 0. The Kier molecular flexibility index (Phi) is 3.13. The van der Waals surface area contributed by atoms with Gasteiger partial charge in [0, 0.05) is 34.2 Å². The van der Waals surface area contributed by atoms with Gasteiger partial charge < -0.3 is 5.73 Å². The van der Waals surface area contributed by atoms with Crippen molar-refractivity contribution in [3.8, 4) is 11.1 Å². The fraction of sp³-hybridized carbons (Fsp3) is 0. The number of nitro groups is 1. The minimum atomic E-state index is -0.401. The molecule has 0 bridgehead atoms. The summed E-state index contributed by atoms with van der Waals surface area (Å²) in [6, 6.07) is 18.1. The molecular weight excluding hydrogens is 302 g/mol. The van der Waals surface area contributed by atoms with Gasteiger partial charge in [-0.25, -0.2) is 4.99 Å². The van der Waals surface area contributed by atoms with Crippen LogP contribution in [-0.4, -0.2) is 4.92 Å². The lowest BCUT2D eigenvalue weighted by molar-refractivity contribution is -0.384. The molecule has 3 aromatic carbocycles. The van der Waals surface area contributed by atoms with Gasteiger partial charge in [0.1, 0.15) is 0 Å². The number of para-hydroxylation sites is 1. The van der Waals surface area contributed by atoms with E-state index in [1.807, 2.05) is 48.5 Å². The number of hydrogen-bond acceptors (Lipinski definition) is 4. The standard InChI is InChI=1S/C19H13N3O2/c20-14-10-13(8-12-4-3-5-15(9-12)22(23)24)19-17(11-14)16-6-1-2-7-18(16)21-19/h1-11H,20H2. The maximum atomic E-state index is 10.9. The third-order valence-electron chi connectivity index (χ3n) is 3.99. The highest BCUT2D eigenvalue weighted by molar-refractivity contribution is 5.81. The molecule has 116 valence electrons. The van der Waals surface area contributed by atoms with Crippen LogP contribution in [0.2, 0.25) is 0 Å². The number of nitrogen functional groups attached to an aromatic ring is 1. The molecule has 5 heteroatoms. The van der Waals surface area contributed by atoms with Crippen LogP contribution in [0, 0.1) is 10.1 Å². The van der Waals surface area contributed by atoms with E-state index < -0.39 is 4.92 Å². The number of non-ortho nitro benzene ring substituents is 1. The lowest BCUT2D eigenvalue weighted by Crippen LogP contribution is -2.25. The molecule has 0 unspecified atom stereocenters. The Morgan fingerprint density at radius 3 is 2.67 bits per heavy atom. The molecule has 5 nitrogen and oxygen atoms in total. The molecule has 0 aromatic heterocycles. The number of anilines is 1.